The van der Waals surface area contributed by atoms with E-state index >= 15 is 0 Å². The van der Waals surface area contributed by atoms with Gasteiger partial charge in [-0.15, -0.1) is 11.3 Å². The maximum absolute atomic E-state index is 5.48. The molecule has 5 rings (SSSR count). The normalized spacial score (nSPS) is 13.3. The lowest BCUT2D eigenvalue weighted by molar-refractivity contribution is 0.417. The Bertz CT molecular complexity index is 1150. The Morgan fingerprint density at radius 1 is 1.00 bits per heavy atom. The van der Waals surface area contributed by atoms with Crippen LogP contribution in [0.3, 0.4) is 0 Å². The first-order chi connectivity index (χ1) is 13.8. The van der Waals surface area contributed by atoms with Crippen LogP contribution in [0, 0.1) is 0 Å². The lowest BCUT2D eigenvalue weighted by atomic mass is 9.89. The van der Waals surface area contributed by atoms with E-state index in [1.807, 2.05) is 24.3 Å². The van der Waals surface area contributed by atoms with Crippen molar-refractivity contribution in [2.24, 2.45) is 0 Å². The zero-order chi connectivity index (χ0) is 18.9. The number of nitrogens with one attached hydrogen (secondary N) is 1. The van der Waals surface area contributed by atoms with E-state index in [1.54, 1.807) is 24.8 Å². The van der Waals surface area contributed by atoms with Crippen LogP contribution < -0.4 is 10.1 Å². The van der Waals surface area contributed by atoms with Gasteiger partial charge >= 0.3 is 0 Å². The van der Waals surface area contributed by atoms with Crippen molar-refractivity contribution >= 4 is 33.1 Å². The largest absolute Gasteiger partial charge is 0.495 e. The third-order valence-electron chi connectivity index (χ3n) is 5.39. The van der Waals surface area contributed by atoms with E-state index < -0.39 is 0 Å². The molecule has 1 N–H and O–H groups in total. The number of anilines is 2. The highest BCUT2D eigenvalue weighted by Crippen LogP contribution is 2.39. The van der Waals surface area contributed by atoms with E-state index in [4.69, 9.17) is 4.74 Å². The quantitative estimate of drug-likeness (QED) is 0.467. The molecule has 140 valence electrons. The number of aromatic nitrogens is 2. The summed E-state index contributed by atoms with van der Waals surface area (Å²) in [5.41, 5.74) is 6.31. The molecule has 0 aliphatic heterocycles. The van der Waals surface area contributed by atoms with Gasteiger partial charge < -0.3 is 10.1 Å². The highest BCUT2D eigenvalue weighted by molar-refractivity contribution is 7.17. The molecule has 0 bridgehead atoms. The van der Waals surface area contributed by atoms with Crippen LogP contribution in [0.15, 0.2) is 54.2 Å². The van der Waals surface area contributed by atoms with Gasteiger partial charge in [0.2, 0.25) is 0 Å². The molecule has 0 amide bonds. The van der Waals surface area contributed by atoms with Crippen LogP contribution in [0.4, 0.5) is 11.5 Å². The van der Waals surface area contributed by atoms with E-state index in [0.717, 1.165) is 27.5 Å². The van der Waals surface area contributed by atoms with Gasteiger partial charge in [0.1, 0.15) is 22.7 Å². The molecule has 2 aromatic heterocycles. The van der Waals surface area contributed by atoms with Gasteiger partial charge in [0.15, 0.2) is 0 Å². The third-order valence-corrected chi connectivity index (χ3v) is 6.28. The van der Waals surface area contributed by atoms with Crippen LogP contribution >= 0.6 is 11.3 Å². The molecular weight excluding hydrogens is 366 g/mol. The first-order valence-corrected chi connectivity index (χ1v) is 10.5. The van der Waals surface area contributed by atoms with Crippen LogP contribution in [0.5, 0.6) is 5.75 Å². The Morgan fingerprint density at radius 3 is 2.75 bits per heavy atom. The predicted molar refractivity (Wildman–Crippen MR) is 116 cm³/mol. The number of benzene rings is 2. The predicted octanol–water partition coefficient (Wildman–Crippen LogP) is 5.99. The number of hydrogen-bond donors (Lipinski definition) is 1. The van der Waals surface area contributed by atoms with Crippen molar-refractivity contribution in [3.05, 3.63) is 65.3 Å². The van der Waals surface area contributed by atoms with Crippen molar-refractivity contribution in [1.82, 2.24) is 9.97 Å². The SMILES string of the molecule is COc1ccccc1Nc1ncnc2scc(-c3ccc4c(c3)CCCC4)c12. The van der Waals surface area contributed by atoms with Crippen molar-refractivity contribution < 1.29 is 4.74 Å². The summed E-state index contributed by atoms with van der Waals surface area (Å²) in [6.45, 7) is 0. The molecule has 4 nitrogen and oxygen atoms in total. The monoisotopic (exact) mass is 387 g/mol. The number of fused-ring (bicyclic) bond motifs is 2. The minimum absolute atomic E-state index is 0.792. The fourth-order valence-electron chi connectivity index (χ4n) is 3.96. The molecule has 28 heavy (non-hydrogen) atoms. The first-order valence-electron chi connectivity index (χ1n) is 9.58. The molecule has 0 spiro atoms. The van der Waals surface area contributed by atoms with Crippen LogP contribution in [-0.4, -0.2) is 17.1 Å². The minimum Gasteiger partial charge on any atom is -0.495 e. The molecule has 0 unspecified atom stereocenters. The Morgan fingerprint density at radius 2 is 1.86 bits per heavy atom. The summed E-state index contributed by atoms with van der Waals surface area (Å²) in [5.74, 6) is 1.60. The number of aryl methyl sites for hydroxylation is 2. The van der Waals surface area contributed by atoms with Gasteiger partial charge in [0, 0.05) is 10.9 Å². The van der Waals surface area contributed by atoms with Crippen LogP contribution in [-0.2, 0) is 12.8 Å². The Balaban J connectivity index is 1.62. The van der Waals surface area contributed by atoms with E-state index in [1.165, 1.54) is 47.9 Å². The molecule has 4 aromatic rings. The number of methoxy groups -OCH3 is 1. The third kappa shape index (κ3) is 3.02. The Labute approximate surface area is 168 Å². The summed E-state index contributed by atoms with van der Waals surface area (Å²) in [5, 5.41) is 6.71. The number of nitrogens with zero attached hydrogens (tertiary/aromatic N) is 2. The molecule has 0 fully saturated rings. The molecule has 5 heteroatoms. The van der Waals surface area contributed by atoms with Crippen molar-refractivity contribution in [3.8, 4) is 16.9 Å². The Kier molecular flexibility index (Phi) is 4.45. The average molecular weight is 388 g/mol. The van der Waals surface area contributed by atoms with Crippen molar-refractivity contribution in [3.63, 3.8) is 0 Å². The zero-order valence-corrected chi connectivity index (χ0v) is 16.6. The second-order valence-electron chi connectivity index (χ2n) is 7.07. The van der Waals surface area contributed by atoms with Gasteiger partial charge in [0.05, 0.1) is 18.2 Å². The summed E-state index contributed by atoms with van der Waals surface area (Å²) in [6, 6.07) is 14.8. The fraction of sp³-hybridized carbons (Fsp3) is 0.217. The van der Waals surface area contributed by atoms with Crippen LogP contribution in [0.2, 0.25) is 0 Å². The highest BCUT2D eigenvalue weighted by Gasteiger charge is 2.16. The van der Waals surface area contributed by atoms with Gasteiger partial charge in [-0.25, -0.2) is 9.97 Å². The first kappa shape index (κ1) is 17.2. The summed E-state index contributed by atoms with van der Waals surface area (Å²) in [6.07, 6.45) is 6.57. The standard InChI is InChI=1S/C23H21N3OS/c1-27-20-9-5-4-8-19(20)26-22-21-18(13-28-23(21)25-14-24-22)17-11-10-15-6-2-3-7-16(15)12-17/h4-5,8-14H,2-3,6-7H2,1H3,(H,24,25,26). The van der Waals surface area contributed by atoms with Crippen molar-refractivity contribution in [2.45, 2.75) is 25.7 Å². The topological polar surface area (TPSA) is 47.0 Å². The van der Waals surface area contributed by atoms with Gasteiger partial charge in [-0.05, 0) is 54.5 Å². The van der Waals surface area contributed by atoms with Gasteiger partial charge in [-0.1, -0.05) is 30.3 Å². The van der Waals surface area contributed by atoms with Crippen LogP contribution in [0.1, 0.15) is 24.0 Å². The van der Waals surface area contributed by atoms with Crippen molar-refractivity contribution in [1.29, 1.82) is 0 Å². The number of para-hydroxylation sites is 2. The second kappa shape index (κ2) is 7.24. The maximum Gasteiger partial charge on any atom is 0.143 e. The van der Waals surface area contributed by atoms with E-state index in [2.05, 4.69) is 38.9 Å². The summed E-state index contributed by atoms with van der Waals surface area (Å²) < 4.78 is 5.48. The van der Waals surface area contributed by atoms with Crippen molar-refractivity contribution in [2.75, 3.05) is 12.4 Å². The zero-order valence-electron chi connectivity index (χ0n) is 15.7. The average Bonchev–Trinajstić information content (AvgIpc) is 3.19. The van der Waals surface area contributed by atoms with Crippen LogP contribution in [0.25, 0.3) is 21.3 Å². The van der Waals surface area contributed by atoms with Gasteiger partial charge in [0.25, 0.3) is 0 Å². The molecule has 1 aliphatic carbocycles. The number of hydrogen-bond acceptors (Lipinski definition) is 5. The summed E-state index contributed by atoms with van der Waals surface area (Å²) in [4.78, 5) is 10.0. The molecular formula is C23H21N3OS. The molecule has 0 saturated carbocycles. The molecule has 2 heterocycles. The summed E-state index contributed by atoms with van der Waals surface area (Å²) in [7, 11) is 1.68. The van der Waals surface area contributed by atoms with E-state index in [-0.39, 0.29) is 0 Å². The molecule has 2 aromatic carbocycles. The number of ether oxygens (including phenoxy) is 1. The minimum atomic E-state index is 0.792. The Hall–Kier alpha value is -2.92. The molecule has 0 atom stereocenters. The highest BCUT2D eigenvalue weighted by atomic mass is 32.1. The number of thiophene rings is 1. The fourth-order valence-corrected chi connectivity index (χ4v) is 4.87. The molecule has 1 aliphatic rings. The van der Waals surface area contributed by atoms with E-state index in [9.17, 15) is 0 Å². The van der Waals surface area contributed by atoms with Gasteiger partial charge in [-0.2, -0.15) is 0 Å². The maximum atomic E-state index is 5.48. The second-order valence-corrected chi connectivity index (χ2v) is 7.93. The smallest absolute Gasteiger partial charge is 0.143 e. The summed E-state index contributed by atoms with van der Waals surface area (Å²) >= 11 is 1.66. The molecule has 0 radical (unpaired) electrons. The lowest BCUT2D eigenvalue weighted by Crippen LogP contribution is -2.02. The lowest BCUT2D eigenvalue weighted by Gasteiger charge is -2.17. The number of rotatable bonds is 4. The molecule has 0 saturated heterocycles. The van der Waals surface area contributed by atoms with Gasteiger partial charge in [-0.3, -0.25) is 0 Å². The van der Waals surface area contributed by atoms with E-state index in [0.29, 0.717) is 0 Å².